The predicted molar refractivity (Wildman–Crippen MR) is 293 cm³/mol. The van der Waals surface area contributed by atoms with Crippen LogP contribution in [0.3, 0.4) is 0 Å². The zero-order valence-corrected chi connectivity index (χ0v) is 45.5. The van der Waals surface area contributed by atoms with E-state index in [9.17, 15) is 40.5 Å². The van der Waals surface area contributed by atoms with Gasteiger partial charge in [-0.25, -0.2) is 0 Å². The van der Waals surface area contributed by atoms with E-state index in [-0.39, 0.29) is 12.8 Å². The van der Waals surface area contributed by atoms with Crippen molar-refractivity contribution in [3.05, 3.63) is 48.6 Å². The van der Waals surface area contributed by atoms with Crippen molar-refractivity contribution in [2.75, 3.05) is 13.2 Å². The molecule has 8 N–H and O–H groups in total. The van der Waals surface area contributed by atoms with Gasteiger partial charge < -0.3 is 50.5 Å². The lowest BCUT2D eigenvalue weighted by atomic mass is 9.98. The topological polar surface area (TPSA) is 189 Å². The summed E-state index contributed by atoms with van der Waals surface area (Å²) < 4.78 is 11.1. The Morgan fingerprint density at radius 3 is 1.25 bits per heavy atom. The van der Waals surface area contributed by atoms with Crippen LogP contribution in [0.25, 0.3) is 0 Å². The molecule has 9 atom stereocenters. The Bertz CT molecular complexity index is 1290. The zero-order valence-electron chi connectivity index (χ0n) is 45.5. The van der Waals surface area contributed by atoms with Crippen LogP contribution in [-0.2, 0) is 14.3 Å². The van der Waals surface area contributed by atoms with E-state index in [1.807, 2.05) is 0 Å². The molecule has 1 rings (SSSR count). The normalized spacial score (nSPS) is 20.5. The average molecular weight is 1010 g/mol. The summed E-state index contributed by atoms with van der Waals surface area (Å²) in [4.78, 5) is 13.2. The first kappa shape index (κ1) is 67.1. The lowest BCUT2D eigenvalue weighted by molar-refractivity contribution is -0.303. The Kier molecular flexibility index (Phi) is 46.3. The second kappa shape index (κ2) is 49.0. The van der Waals surface area contributed by atoms with E-state index in [0.717, 1.165) is 51.4 Å². The van der Waals surface area contributed by atoms with Crippen LogP contribution in [-0.4, -0.2) is 110 Å². The van der Waals surface area contributed by atoms with Gasteiger partial charge in [-0.2, -0.15) is 0 Å². The van der Waals surface area contributed by atoms with Gasteiger partial charge in [0.1, 0.15) is 36.6 Å². The quantitative estimate of drug-likeness (QED) is 0.0215. The van der Waals surface area contributed by atoms with Gasteiger partial charge in [-0.3, -0.25) is 4.79 Å². The van der Waals surface area contributed by atoms with Crippen LogP contribution in [0.2, 0.25) is 0 Å². The van der Waals surface area contributed by atoms with E-state index >= 15 is 0 Å². The van der Waals surface area contributed by atoms with E-state index in [4.69, 9.17) is 9.47 Å². The molecule has 1 aliphatic heterocycles. The standard InChI is InChI=1S/C60H111NO10/c1-3-5-7-9-11-13-15-17-19-21-23-25-26-27-28-30-32-34-36-38-40-42-44-46-48-53(64)59(69)61-51(50-70-60-58(68)57(67)56(66)54(49-62)71-60)55(65)52(63)47-45-43-41-39-37-35-33-31-29-24-22-20-18-16-14-12-10-8-6-4-2/h20,22,27-28,31,33,39,41,51-58,60,62-68H,3-19,21,23-26,29-30,32,34-38,40,42-50H2,1-2H3,(H,61,69)/b22-20+,28-27-,33-31+,41-39+. The van der Waals surface area contributed by atoms with E-state index in [2.05, 4.69) is 67.8 Å². The molecular formula is C60H111NO10. The minimum atomic E-state index is -1.67. The Hall–Kier alpha value is -1.93. The first-order chi connectivity index (χ1) is 34.7. The van der Waals surface area contributed by atoms with Crippen molar-refractivity contribution in [1.29, 1.82) is 0 Å². The highest BCUT2D eigenvalue weighted by atomic mass is 16.7. The number of hydrogen-bond acceptors (Lipinski definition) is 10. The highest BCUT2D eigenvalue weighted by molar-refractivity contribution is 5.80. The predicted octanol–water partition coefficient (Wildman–Crippen LogP) is 12.5. The maximum absolute atomic E-state index is 13.2. The number of nitrogens with one attached hydrogen (secondary N) is 1. The second-order valence-electron chi connectivity index (χ2n) is 20.7. The fourth-order valence-electron chi connectivity index (χ4n) is 9.23. The molecule has 0 spiro atoms. The molecule has 0 aromatic rings. The number of rotatable bonds is 50. The molecule has 1 saturated heterocycles. The zero-order chi connectivity index (χ0) is 51.8. The third-order valence-electron chi connectivity index (χ3n) is 14.1. The number of unbranched alkanes of at least 4 members (excludes halogenated alkanes) is 30. The monoisotopic (exact) mass is 1010 g/mol. The molecule has 0 bridgehead atoms. The largest absolute Gasteiger partial charge is 0.394 e. The highest BCUT2D eigenvalue weighted by Gasteiger charge is 2.44. The minimum Gasteiger partial charge on any atom is -0.394 e. The van der Waals surface area contributed by atoms with Crippen molar-refractivity contribution in [3.63, 3.8) is 0 Å². The third kappa shape index (κ3) is 37.5. The summed E-state index contributed by atoms with van der Waals surface area (Å²) in [6.45, 7) is 3.45. The first-order valence-corrected chi connectivity index (χ1v) is 29.5. The van der Waals surface area contributed by atoms with Crippen molar-refractivity contribution in [3.8, 4) is 0 Å². The van der Waals surface area contributed by atoms with E-state index in [0.29, 0.717) is 19.3 Å². The Labute approximate surface area is 434 Å². The van der Waals surface area contributed by atoms with Gasteiger partial charge in [0.05, 0.1) is 25.4 Å². The van der Waals surface area contributed by atoms with Crippen LogP contribution in [0.15, 0.2) is 48.6 Å². The number of allylic oxidation sites excluding steroid dienone is 8. The van der Waals surface area contributed by atoms with Gasteiger partial charge >= 0.3 is 0 Å². The van der Waals surface area contributed by atoms with Gasteiger partial charge in [0.15, 0.2) is 6.29 Å². The lowest BCUT2D eigenvalue weighted by Crippen LogP contribution is -2.60. The summed E-state index contributed by atoms with van der Waals surface area (Å²) in [5.41, 5.74) is 0. The molecule has 0 aliphatic carbocycles. The van der Waals surface area contributed by atoms with Crippen LogP contribution in [0.1, 0.15) is 258 Å². The number of aliphatic hydroxyl groups excluding tert-OH is 7. The minimum absolute atomic E-state index is 0.240. The lowest BCUT2D eigenvalue weighted by Gasteiger charge is -2.40. The average Bonchev–Trinajstić information content (AvgIpc) is 3.37. The second-order valence-corrected chi connectivity index (χ2v) is 20.7. The number of carbonyl (C=O) groups excluding carboxylic acids is 1. The highest BCUT2D eigenvalue weighted by Crippen LogP contribution is 2.23. The van der Waals surface area contributed by atoms with Gasteiger partial charge in [-0.05, 0) is 89.9 Å². The maximum Gasteiger partial charge on any atom is 0.249 e. The molecule has 0 aromatic heterocycles. The van der Waals surface area contributed by atoms with Crippen molar-refractivity contribution in [1.82, 2.24) is 5.32 Å². The van der Waals surface area contributed by atoms with E-state index < -0.39 is 74.2 Å². The summed E-state index contributed by atoms with van der Waals surface area (Å²) >= 11 is 0. The van der Waals surface area contributed by atoms with Crippen molar-refractivity contribution in [2.24, 2.45) is 0 Å². The SMILES string of the molecule is CCCCCCCCC/C=C/CC/C=C/CC/C=C/CCCC(O)C(O)C(COC1OC(CO)C(O)C(O)C1O)NC(=O)C(O)CCCCCCCCCC/C=C\CCCCCCCCCCCCCC. The molecule has 11 heteroatoms. The molecule has 71 heavy (non-hydrogen) atoms. The molecule has 416 valence electrons. The summed E-state index contributed by atoms with van der Waals surface area (Å²) in [5, 5.41) is 76.1. The maximum atomic E-state index is 13.2. The first-order valence-electron chi connectivity index (χ1n) is 29.5. The number of carbonyl (C=O) groups is 1. The molecule has 0 aromatic carbocycles. The van der Waals surface area contributed by atoms with Crippen LogP contribution >= 0.6 is 0 Å². The number of ether oxygens (including phenoxy) is 2. The summed E-state index contributed by atoms with van der Waals surface area (Å²) in [5.74, 6) is -0.714. The number of amides is 1. The fourth-order valence-corrected chi connectivity index (χ4v) is 9.23. The molecule has 11 nitrogen and oxygen atoms in total. The van der Waals surface area contributed by atoms with Gasteiger partial charge in [-0.1, -0.05) is 217 Å². The Morgan fingerprint density at radius 2 is 0.845 bits per heavy atom. The molecule has 1 amide bonds. The molecule has 0 saturated carbocycles. The summed E-state index contributed by atoms with van der Waals surface area (Å²) in [7, 11) is 0. The fraction of sp³-hybridized carbons (Fsp3) is 0.850. The molecule has 0 radical (unpaired) electrons. The molecule has 1 heterocycles. The molecule has 1 fully saturated rings. The smallest absolute Gasteiger partial charge is 0.249 e. The van der Waals surface area contributed by atoms with Gasteiger partial charge in [0.25, 0.3) is 0 Å². The van der Waals surface area contributed by atoms with E-state index in [1.165, 1.54) is 161 Å². The Balaban J connectivity index is 2.34. The molecular weight excluding hydrogens is 895 g/mol. The van der Waals surface area contributed by atoms with Crippen LogP contribution in [0, 0.1) is 0 Å². The summed E-state index contributed by atoms with van der Waals surface area (Å²) in [6.07, 6.45) is 50.2. The number of aliphatic hydroxyl groups is 7. The van der Waals surface area contributed by atoms with Crippen molar-refractivity contribution in [2.45, 2.75) is 313 Å². The van der Waals surface area contributed by atoms with Gasteiger partial charge in [0.2, 0.25) is 5.91 Å². The number of hydrogen-bond donors (Lipinski definition) is 8. The van der Waals surface area contributed by atoms with Gasteiger partial charge in [0, 0.05) is 0 Å². The van der Waals surface area contributed by atoms with Gasteiger partial charge in [-0.15, -0.1) is 0 Å². The summed E-state index contributed by atoms with van der Waals surface area (Å²) in [6, 6.07) is -1.20. The van der Waals surface area contributed by atoms with Crippen molar-refractivity contribution < 1.29 is 50.0 Å². The van der Waals surface area contributed by atoms with Crippen molar-refractivity contribution >= 4 is 5.91 Å². The third-order valence-corrected chi connectivity index (χ3v) is 14.1. The molecule has 1 aliphatic rings. The van der Waals surface area contributed by atoms with Crippen LogP contribution < -0.4 is 5.32 Å². The molecule has 9 unspecified atom stereocenters. The Morgan fingerprint density at radius 1 is 0.479 bits per heavy atom. The van der Waals surface area contributed by atoms with Crippen LogP contribution in [0.5, 0.6) is 0 Å². The van der Waals surface area contributed by atoms with E-state index in [1.54, 1.807) is 0 Å². The van der Waals surface area contributed by atoms with Crippen LogP contribution in [0.4, 0.5) is 0 Å².